The number of carbonyl (C=O) groups is 1. The molecule has 1 amide bonds. The lowest BCUT2D eigenvalue weighted by atomic mass is 9.96. The van der Waals surface area contributed by atoms with E-state index in [1.54, 1.807) is 7.05 Å². The van der Waals surface area contributed by atoms with Crippen molar-refractivity contribution < 1.29 is 9.53 Å². The number of nitrogens with one attached hydrogen (secondary N) is 1. The number of ether oxygens (including phenoxy) is 1. The van der Waals surface area contributed by atoms with Crippen molar-refractivity contribution in [2.75, 3.05) is 7.05 Å². The molecule has 0 aliphatic rings. The van der Waals surface area contributed by atoms with Gasteiger partial charge in [0.2, 0.25) is 0 Å². The Balaban J connectivity index is 2.23. The van der Waals surface area contributed by atoms with Crippen LogP contribution < -0.4 is 21.5 Å². The van der Waals surface area contributed by atoms with Crippen LogP contribution in [0.15, 0.2) is 72.1 Å². The summed E-state index contributed by atoms with van der Waals surface area (Å²) < 4.78 is 5.80. The molecule has 0 aliphatic heterocycles. The average molecular weight is 351 g/mol. The number of amides is 1. The number of nitrogens with two attached hydrogens (primary N) is 2. The first-order valence-corrected chi connectivity index (χ1v) is 8.51. The van der Waals surface area contributed by atoms with Crippen LogP contribution in [0.25, 0.3) is 5.57 Å². The fourth-order valence-corrected chi connectivity index (χ4v) is 2.58. The van der Waals surface area contributed by atoms with E-state index in [9.17, 15) is 4.79 Å². The summed E-state index contributed by atoms with van der Waals surface area (Å²) in [6, 6.07) is 17.5. The third-order valence-corrected chi connectivity index (χ3v) is 3.88. The van der Waals surface area contributed by atoms with Gasteiger partial charge in [0.05, 0.1) is 5.57 Å². The largest absolute Gasteiger partial charge is 0.489 e. The van der Waals surface area contributed by atoms with Crippen LogP contribution in [-0.4, -0.2) is 13.0 Å². The van der Waals surface area contributed by atoms with Gasteiger partial charge < -0.3 is 21.5 Å². The zero-order valence-electron chi connectivity index (χ0n) is 15.2. The summed E-state index contributed by atoms with van der Waals surface area (Å²) in [6.07, 6.45) is 2.68. The van der Waals surface area contributed by atoms with Crippen LogP contribution in [0.4, 0.5) is 0 Å². The number of hydrogen-bond acceptors (Lipinski definition) is 4. The SMILES string of the molecule is CC/C=C(/C(C(N)=O)=C(/N)NC)c1ccc(OCc2ccccc2)cc1. The van der Waals surface area contributed by atoms with Gasteiger partial charge in [0.25, 0.3) is 5.91 Å². The number of hydrogen-bond donors (Lipinski definition) is 3. The minimum Gasteiger partial charge on any atom is -0.489 e. The molecule has 0 atom stereocenters. The predicted octanol–water partition coefficient (Wildman–Crippen LogP) is 2.93. The van der Waals surface area contributed by atoms with Crippen molar-refractivity contribution in [1.82, 2.24) is 5.32 Å². The van der Waals surface area contributed by atoms with Crippen molar-refractivity contribution in [1.29, 1.82) is 0 Å². The van der Waals surface area contributed by atoms with Crippen LogP contribution in [0.5, 0.6) is 5.75 Å². The van der Waals surface area contributed by atoms with Gasteiger partial charge in [-0.2, -0.15) is 0 Å². The normalized spacial score (nSPS) is 12.3. The highest BCUT2D eigenvalue weighted by atomic mass is 16.5. The van der Waals surface area contributed by atoms with Gasteiger partial charge in [-0.1, -0.05) is 55.5 Å². The van der Waals surface area contributed by atoms with E-state index >= 15 is 0 Å². The van der Waals surface area contributed by atoms with E-state index in [1.165, 1.54) is 0 Å². The van der Waals surface area contributed by atoms with E-state index in [0.29, 0.717) is 12.2 Å². The molecule has 5 nitrogen and oxygen atoms in total. The summed E-state index contributed by atoms with van der Waals surface area (Å²) in [6.45, 7) is 2.49. The summed E-state index contributed by atoms with van der Waals surface area (Å²) in [5.74, 6) is 0.433. The third-order valence-electron chi connectivity index (χ3n) is 3.88. The molecule has 5 N–H and O–H groups in total. The smallest absolute Gasteiger partial charge is 0.252 e. The molecule has 0 bridgehead atoms. The van der Waals surface area contributed by atoms with Crippen LogP contribution in [-0.2, 0) is 11.4 Å². The maximum Gasteiger partial charge on any atom is 0.252 e. The van der Waals surface area contributed by atoms with Gasteiger partial charge in [-0.25, -0.2) is 0 Å². The molecule has 0 aromatic heterocycles. The molecule has 2 rings (SSSR count). The van der Waals surface area contributed by atoms with Crippen molar-refractivity contribution in [3.63, 3.8) is 0 Å². The van der Waals surface area contributed by atoms with E-state index in [-0.39, 0.29) is 11.4 Å². The highest BCUT2D eigenvalue weighted by Gasteiger charge is 2.17. The first-order chi connectivity index (χ1) is 12.6. The monoisotopic (exact) mass is 351 g/mol. The summed E-state index contributed by atoms with van der Waals surface area (Å²) in [4.78, 5) is 11.9. The molecular weight excluding hydrogens is 326 g/mol. The lowest BCUT2D eigenvalue weighted by Crippen LogP contribution is -2.26. The van der Waals surface area contributed by atoms with Crippen molar-refractivity contribution in [3.05, 3.63) is 83.2 Å². The molecule has 136 valence electrons. The van der Waals surface area contributed by atoms with E-state index in [1.807, 2.05) is 67.6 Å². The maximum absolute atomic E-state index is 11.9. The van der Waals surface area contributed by atoms with Gasteiger partial charge in [0, 0.05) is 7.05 Å². The van der Waals surface area contributed by atoms with E-state index in [0.717, 1.165) is 23.3 Å². The minimum atomic E-state index is -0.569. The van der Waals surface area contributed by atoms with Crippen molar-refractivity contribution >= 4 is 11.5 Å². The fourth-order valence-electron chi connectivity index (χ4n) is 2.58. The zero-order chi connectivity index (χ0) is 18.9. The first kappa shape index (κ1) is 19.1. The molecule has 0 unspecified atom stereocenters. The molecule has 0 radical (unpaired) electrons. The molecule has 2 aromatic rings. The van der Waals surface area contributed by atoms with Gasteiger partial charge in [0.1, 0.15) is 18.2 Å². The number of rotatable bonds is 8. The molecule has 0 spiro atoms. The minimum absolute atomic E-state index is 0.251. The molecule has 0 aliphatic carbocycles. The standard InChI is InChI=1S/C21H25N3O2/c1-3-7-18(19(21(23)25)20(22)24-2)16-10-12-17(13-11-16)26-14-15-8-5-4-6-9-15/h4-13,24H,3,14,22H2,1-2H3,(H2,23,25)/b18-7+,20-19+. The van der Waals surface area contributed by atoms with Crippen LogP contribution >= 0.6 is 0 Å². The number of allylic oxidation sites excluding steroid dienone is 1. The Labute approximate surface area is 154 Å². The number of primary amides is 1. The summed E-state index contributed by atoms with van der Waals surface area (Å²) in [5, 5.41) is 2.80. The molecule has 0 fully saturated rings. The molecular formula is C21H25N3O2. The lowest BCUT2D eigenvalue weighted by molar-refractivity contribution is -0.114. The van der Waals surface area contributed by atoms with Crippen LogP contribution in [0, 0.1) is 0 Å². The van der Waals surface area contributed by atoms with Gasteiger partial charge >= 0.3 is 0 Å². The second kappa shape index (κ2) is 9.32. The zero-order valence-corrected chi connectivity index (χ0v) is 15.2. The van der Waals surface area contributed by atoms with Crippen LogP contribution in [0.3, 0.4) is 0 Å². The fraction of sp³-hybridized carbons (Fsp3) is 0.190. The Bertz CT molecular complexity index is 794. The predicted molar refractivity (Wildman–Crippen MR) is 105 cm³/mol. The van der Waals surface area contributed by atoms with Crippen molar-refractivity contribution in [3.8, 4) is 5.75 Å². The van der Waals surface area contributed by atoms with Gasteiger partial charge in [-0.15, -0.1) is 0 Å². The van der Waals surface area contributed by atoms with Crippen molar-refractivity contribution in [2.45, 2.75) is 20.0 Å². The molecule has 5 heteroatoms. The second-order valence-corrected chi connectivity index (χ2v) is 5.73. The Morgan fingerprint density at radius 1 is 1.08 bits per heavy atom. The Kier molecular flexibility index (Phi) is 6.85. The van der Waals surface area contributed by atoms with Crippen LogP contribution in [0.2, 0.25) is 0 Å². The molecule has 2 aromatic carbocycles. The quantitative estimate of drug-likeness (QED) is 0.504. The van der Waals surface area contributed by atoms with E-state index in [2.05, 4.69) is 5.32 Å². The Hall–Kier alpha value is -3.21. The summed E-state index contributed by atoms with van der Waals surface area (Å²) in [5.41, 5.74) is 14.4. The topological polar surface area (TPSA) is 90.4 Å². The van der Waals surface area contributed by atoms with E-state index < -0.39 is 5.91 Å². The molecule has 0 saturated heterocycles. The molecule has 26 heavy (non-hydrogen) atoms. The highest BCUT2D eigenvalue weighted by molar-refractivity contribution is 6.08. The number of carbonyl (C=O) groups excluding carboxylic acids is 1. The molecule has 0 heterocycles. The average Bonchev–Trinajstić information content (AvgIpc) is 2.66. The van der Waals surface area contributed by atoms with Crippen molar-refractivity contribution in [2.24, 2.45) is 11.5 Å². The number of benzene rings is 2. The second-order valence-electron chi connectivity index (χ2n) is 5.73. The van der Waals surface area contributed by atoms with Gasteiger partial charge in [0.15, 0.2) is 0 Å². The van der Waals surface area contributed by atoms with E-state index in [4.69, 9.17) is 16.2 Å². The van der Waals surface area contributed by atoms with Crippen LogP contribution in [0.1, 0.15) is 24.5 Å². The highest BCUT2D eigenvalue weighted by Crippen LogP contribution is 2.26. The molecule has 0 saturated carbocycles. The maximum atomic E-state index is 11.9. The first-order valence-electron chi connectivity index (χ1n) is 8.51. The Morgan fingerprint density at radius 3 is 2.27 bits per heavy atom. The van der Waals surface area contributed by atoms with Gasteiger partial charge in [-0.05, 0) is 35.3 Å². The Morgan fingerprint density at radius 2 is 1.73 bits per heavy atom. The summed E-state index contributed by atoms with van der Waals surface area (Å²) >= 11 is 0. The third kappa shape index (κ3) is 4.89. The lowest BCUT2D eigenvalue weighted by Gasteiger charge is -2.14. The van der Waals surface area contributed by atoms with Gasteiger partial charge in [-0.3, -0.25) is 4.79 Å². The summed E-state index contributed by atoms with van der Waals surface area (Å²) in [7, 11) is 1.66.